The molecule has 3 N–H and O–H groups in total. The van der Waals surface area contributed by atoms with E-state index in [9.17, 15) is 4.79 Å². The highest BCUT2D eigenvalue weighted by Crippen LogP contribution is 2.39. The molecule has 0 radical (unpaired) electrons. The van der Waals surface area contributed by atoms with Gasteiger partial charge < -0.3 is 11.1 Å². The van der Waals surface area contributed by atoms with Gasteiger partial charge in [0.1, 0.15) is 0 Å². The number of benzene rings is 1. The Bertz CT molecular complexity index is 481. The Balaban J connectivity index is 2.09. The third-order valence-corrected chi connectivity index (χ3v) is 4.35. The number of nitrogens with two attached hydrogens (primary N) is 1. The van der Waals surface area contributed by atoms with Gasteiger partial charge in [-0.2, -0.15) is 0 Å². The molecular weight excluding hydrogens is 292 g/mol. The van der Waals surface area contributed by atoms with Gasteiger partial charge in [0.25, 0.3) is 5.91 Å². The number of nitrogens with one attached hydrogen (secondary N) is 1. The number of amides is 1. The lowest BCUT2D eigenvalue weighted by Gasteiger charge is -2.38. The molecule has 0 bridgehead atoms. The van der Waals surface area contributed by atoms with Gasteiger partial charge in [-0.15, -0.1) is 0 Å². The molecule has 1 aromatic rings. The fourth-order valence-electron chi connectivity index (χ4n) is 2.28. The number of halogens is 1. The van der Waals surface area contributed by atoms with Crippen molar-refractivity contribution in [2.45, 2.75) is 33.1 Å². The van der Waals surface area contributed by atoms with Gasteiger partial charge in [-0.1, -0.05) is 29.3 Å². The minimum absolute atomic E-state index is 0.0337. The second-order valence-electron chi connectivity index (χ2n) is 5.51. The molecular formula is C14H19BrN2O. The summed E-state index contributed by atoms with van der Waals surface area (Å²) >= 11 is 3.37. The fourth-order valence-corrected chi connectivity index (χ4v) is 2.76. The molecule has 1 aliphatic carbocycles. The van der Waals surface area contributed by atoms with Gasteiger partial charge in [-0.05, 0) is 42.9 Å². The first-order chi connectivity index (χ1) is 8.41. The van der Waals surface area contributed by atoms with Crippen molar-refractivity contribution in [1.82, 2.24) is 5.32 Å². The largest absolute Gasteiger partial charge is 0.398 e. The zero-order chi connectivity index (χ0) is 13.3. The molecule has 1 aliphatic rings. The van der Waals surface area contributed by atoms with Gasteiger partial charge in [0, 0.05) is 22.3 Å². The summed E-state index contributed by atoms with van der Waals surface area (Å²) < 4.78 is 0.839. The number of carbonyl (C=O) groups excluding carboxylic acids is 1. The second kappa shape index (κ2) is 4.92. The van der Waals surface area contributed by atoms with Crippen LogP contribution in [0.15, 0.2) is 16.6 Å². The predicted octanol–water partition coefficient (Wildman–Crippen LogP) is 3.26. The number of carbonyl (C=O) groups is 1. The maximum absolute atomic E-state index is 12.2. The number of rotatable bonds is 3. The van der Waals surface area contributed by atoms with E-state index in [4.69, 9.17) is 5.73 Å². The standard InChI is InChI=1S/C14H19BrN2O/c1-9-11(6-10(15)7-12(9)16)13(18)17-8-14(2)4-3-5-14/h6-7H,3-5,8,16H2,1-2H3,(H,17,18). The minimum Gasteiger partial charge on any atom is -0.398 e. The van der Waals surface area contributed by atoms with Gasteiger partial charge >= 0.3 is 0 Å². The molecule has 4 heteroatoms. The van der Waals surface area contributed by atoms with Crippen LogP contribution in [0.4, 0.5) is 5.69 Å². The normalized spacial score (nSPS) is 17.1. The van der Waals surface area contributed by atoms with E-state index >= 15 is 0 Å². The molecule has 1 fully saturated rings. The summed E-state index contributed by atoms with van der Waals surface area (Å²) in [7, 11) is 0. The average Bonchev–Trinajstić information content (AvgIpc) is 2.28. The molecule has 3 nitrogen and oxygen atoms in total. The van der Waals surface area contributed by atoms with Gasteiger partial charge in [-0.25, -0.2) is 0 Å². The summed E-state index contributed by atoms with van der Waals surface area (Å²) in [6, 6.07) is 3.64. The van der Waals surface area contributed by atoms with Crippen LogP contribution in [0.2, 0.25) is 0 Å². The maximum atomic E-state index is 12.2. The Morgan fingerprint density at radius 3 is 2.72 bits per heavy atom. The number of hydrogen-bond donors (Lipinski definition) is 2. The molecule has 18 heavy (non-hydrogen) atoms. The van der Waals surface area contributed by atoms with Crippen LogP contribution >= 0.6 is 15.9 Å². The fraction of sp³-hybridized carbons (Fsp3) is 0.500. The first-order valence-corrected chi connectivity index (χ1v) is 7.04. The lowest BCUT2D eigenvalue weighted by molar-refractivity contribution is 0.0890. The first-order valence-electron chi connectivity index (χ1n) is 6.25. The molecule has 0 aromatic heterocycles. The summed E-state index contributed by atoms with van der Waals surface area (Å²) in [4.78, 5) is 12.2. The third kappa shape index (κ3) is 2.69. The van der Waals surface area contributed by atoms with Crippen molar-refractivity contribution in [3.63, 3.8) is 0 Å². The molecule has 1 amide bonds. The molecule has 0 unspecified atom stereocenters. The van der Waals surface area contributed by atoms with E-state index in [0.717, 1.165) is 16.6 Å². The highest BCUT2D eigenvalue weighted by molar-refractivity contribution is 9.10. The molecule has 0 heterocycles. The van der Waals surface area contributed by atoms with E-state index < -0.39 is 0 Å². The molecule has 0 atom stereocenters. The Morgan fingerprint density at radius 1 is 1.50 bits per heavy atom. The Labute approximate surface area is 116 Å². The highest BCUT2D eigenvalue weighted by Gasteiger charge is 2.32. The Kier molecular flexibility index (Phi) is 3.66. The molecule has 98 valence electrons. The number of hydrogen-bond acceptors (Lipinski definition) is 2. The van der Waals surface area contributed by atoms with Crippen molar-refractivity contribution in [3.05, 3.63) is 27.7 Å². The van der Waals surface area contributed by atoms with Crippen molar-refractivity contribution in [2.24, 2.45) is 5.41 Å². The van der Waals surface area contributed by atoms with Gasteiger partial charge in [0.15, 0.2) is 0 Å². The quantitative estimate of drug-likeness (QED) is 0.842. The smallest absolute Gasteiger partial charge is 0.251 e. The van der Waals surface area contributed by atoms with Crippen molar-refractivity contribution < 1.29 is 4.79 Å². The van der Waals surface area contributed by atoms with Crippen LogP contribution < -0.4 is 11.1 Å². The zero-order valence-electron chi connectivity index (χ0n) is 10.8. The Hall–Kier alpha value is -1.03. The lowest BCUT2D eigenvalue weighted by Crippen LogP contribution is -2.40. The SMILES string of the molecule is Cc1c(N)cc(Br)cc1C(=O)NCC1(C)CCC1. The van der Waals surface area contributed by atoms with Crippen LogP contribution in [-0.4, -0.2) is 12.5 Å². The van der Waals surface area contributed by atoms with Gasteiger partial charge in [0.05, 0.1) is 0 Å². The maximum Gasteiger partial charge on any atom is 0.251 e. The molecule has 1 aromatic carbocycles. The topological polar surface area (TPSA) is 55.1 Å². The average molecular weight is 311 g/mol. The van der Waals surface area contributed by atoms with Gasteiger partial charge in [0.2, 0.25) is 0 Å². The highest BCUT2D eigenvalue weighted by atomic mass is 79.9. The molecule has 1 saturated carbocycles. The molecule has 0 spiro atoms. The van der Waals surface area contributed by atoms with Crippen molar-refractivity contribution in [2.75, 3.05) is 12.3 Å². The lowest BCUT2D eigenvalue weighted by atomic mass is 9.70. The number of anilines is 1. The van der Waals surface area contributed by atoms with Crippen LogP contribution in [0, 0.1) is 12.3 Å². The first kappa shape index (κ1) is 13.4. The van der Waals surface area contributed by atoms with Crippen molar-refractivity contribution >= 4 is 27.5 Å². The Morgan fingerprint density at radius 2 is 2.17 bits per heavy atom. The second-order valence-corrected chi connectivity index (χ2v) is 6.43. The van der Waals surface area contributed by atoms with Crippen molar-refractivity contribution in [1.29, 1.82) is 0 Å². The molecule has 0 saturated heterocycles. The van der Waals surface area contributed by atoms with E-state index in [1.165, 1.54) is 19.3 Å². The minimum atomic E-state index is -0.0337. The summed E-state index contributed by atoms with van der Waals surface area (Å²) in [5.41, 5.74) is 8.30. The van der Waals surface area contributed by atoms with Crippen LogP contribution in [-0.2, 0) is 0 Å². The zero-order valence-corrected chi connectivity index (χ0v) is 12.4. The van der Waals surface area contributed by atoms with E-state index in [-0.39, 0.29) is 5.91 Å². The summed E-state index contributed by atoms with van der Waals surface area (Å²) in [6.45, 7) is 4.85. The predicted molar refractivity (Wildman–Crippen MR) is 77.6 cm³/mol. The van der Waals surface area contributed by atoms with Crippen LogP contribution in [0.1, 0.15) is 42.1 Å². The van der Waals surface area contributed by atoms with E-state index in [2.05, 4.69) is 28.2 Å². The van der Waals surface area contributed by atoms with E-state index in [0.29, 0.717) is 16.7 Å². The van der Waals surface area contributed by atoms with Crippen LogP contribution in [0.25, 0.3) is 0 Å². The number of nitrogen functional groups attached to an aromatic ring is 1. The molecule has 0 aliphatic heterocycles. The third-order valence-electron chi connectivity index (χ3n) is 3.89. The van der Waals surface area contributed by atoms with E-state index in [1.807, 2.05) is 19.1 Å². The van der Waals surface area contributed by atoms with Gasteiger partial charge in [-0.3, -0.25) is 4.79 Å². The summed E-state index contributed by atoms with van der Waals surface area (Å²) in [5.74, 6) is -0.0337. The summed E-state index contributed by atoms with van der Waals surface area (Å²) in [6.07, 6.45) is 3.68. The van der Waals surface area contributed by atoms with E-state index in [1.54, 1.807) is 0 Å². The molecule has 2 rings (SSSR count). The van der Waals surface area contributed by atoms with Crippen LogP contribution in [0.5, 0.6) is 0 Å². The van der Waals surface area contributed by atoms with Crippen LogP contribution in [0.3, 0.4) is 0 Å². The van der Waals surface area contributed by atoms with Crippen molar-refractivity contribution in [3.8, 4) is 0 Å². The summed E-state index contributed by atoms with van der Waals surface area (Å²) in [5, 5.41) is 3.02. The monoisotopic (exact) mass is 310 g/mol.